The molecule has 1 rings (SSSR count). The number of allylic oxidation sites excluding steroid dienone is 2. The molecule has 4 heteroatoms. The van der Waals surface area contributed by atoms with E-state index in [4.69, 9.17) is 9.16 Å². The Hall–Kier alpha value is -0.453. The predicted molar refractivity (Wildman–Crippen MR) is 104 cm³/mol. The van der Waals surface area contributed by atoms with Crippen LogP contribution in [0.15, 0.2) is 11.6 Å². The summed E-state index contributed by atoms with van der Waals surface area (Å²) in [4.78, 5) is 10.8. The first-order valence-electron chi connectivity index (χ1n) is 9.53. The van der Waals surface area contributed by atoms with Crippen molar-refractivity contribution in [2.24, 2.45) is 5.92 Å². The summed E-state index contributed by atoms with van der Waals surface area (Å²) >= 11 is 0. The van der Waals surface area contributed by atoms with Crippen LogP contribution in [-0.4, -0.2) is 33.9 Å². The largest absolute Gasteiger partial charge is 0.411 e. The number of carbonyl (C=O) groups excluding carboxylic acids is 1. The second-order valence-corrected chi connectivity index (χ2v) is 13.7. The van der Waals surface area contributed by atoms with Crippen molar-refractivity contribution in [1.29, 1.82) is 0 Å². The fourth-order valence-corrected chi connectivity index (χ4v) is 10.4. The fraction of sp³-hybridized carbons (Fsp3) is 0.850. The molecule has 0 N–H and O–H groups in total. The van der Waals surface area contributed by atoms with Crippen LogP contribution in [0.3, 0.4) is 0 Å². The van der Waals surface area contributed by atoms with Gasteiger partial charge in [-0.3, -0.25) is 4.79 Å². The Morgan fingerprint density at radius 1 is 1.00 bits per heavy atom. The third-order valence-electron chi connectivity index (χ3n) is 6.07. The van der Waals surface area contributed by atoms with Gasteiger partial charge in [-0.05, 0) is 54.8 Å². The molecule has 0 aromatic carbocycles. The van der Waals surface area contributed by atoms with Gasteiger partial charge in [-0.2, -0.15) is 0 Å². The first kappa shape index (κ1) is 21.6. The molecule has 3 nitrogen and oxygen atoms in total. The Kier molecular flexibility index (Phi) is 8.37. The molecular weight excluding hydrogens is 316 g/mol. The van der Waals surface area contributed by atoms with Crippen LogP contribution >= 0.6 is 0 Å². The highest BCUT2D eigenvalue weighted by Gasteiger charge is 2.48. The van der Waals surface area contributed by atoms with Gasteiger partial charge in [-0.1, -0.05) is 47.1 Å². The standard InChI is InChI=1S/C20H38O3Si/c1-14(2)24(15(3)4,16(5)6)23-19-10-9-18(13-20(19)22-8)17(7)11-12-21/h11-12,14-16,18-20H,9-10,13H2,1-8H3/t18-,19-,20-/m1/s1. The van der Waals surface area contributed by atoms with Crippen LogP contribution in [0.5, 0.6) is 0 Å². The second kappa shape index (κ2) is 9.30. The van der Waals surface area contributed by atoms with E-state index < -0.39 is 8.32 Å². The van der Waals surface area contributed by atoms with Crippen LogP contribution in [0, 0.1) is 5.92 Å². The Morgan fingerprint density at radius 3 is 1.96 bits per heavy atom. The van der Waals surface area contributed by atoms with E-state index in [1.165, 1.54) is 5.57 Å². The first-order valence-corrected chi connectivity index (χ1v) is 11.7. The summed E-state index contributed by atoms with van der Waals surface area (Å²) in [6.45, 7) is 16.0. The Morgan fingerprint density at radius 2 is 1.54 bits per heavy atom. The SMILES string of the molecule is CO[C@@H]1C[C@H](C(C)=CC=O)CC[C@H]1O[Si](C(C)C)(C(C)C)C(C)C. The summed E-state index contributed by atoms with van der Waals surface area (Å²) in [5.41, 5.74) is 2.93. The van der Waals surface area contributed by atoms with Crippen molar-refractivity contribution in [3.8, 4) is 0 Å². The third-order valence-corrected chi connectivity index (χ3v) is 12.2. The van der Waals surface area contributed by atoms with Gasteiger partial charge in [-0.15, -0.1) is 0 Å². The summed E-state index contributed by atoms with van der Waals surface area (Å²) in [5.74, 6) is 0.438. The van der Waals surface area contributed by atoms with Crippen molar-refractivity contribution < 1.29 is 14.0 Å². The van der Waals surface area contributed by atoms with Gasteiger partial charge in [0, 0.05) is 7.11 Å². The maximum absolute atomic E-state index is 10.8. The van der Waals surface area contributed by atoms with Gasteiger partial charge in [-0.25, -0.2) is 0 Å². The molecule has 1 fully saturated rings. The Balaban J connectivity index is 2.97. The van der Waals surface area contributed by atoms with Gasteiger partial charge in [0.15, 0.2) is 0 Å². The number of carbonyl (C=O) groups is 1. The minimum Gasteiger partial charge on any atom is -0.411 e. The molecule has 0 heterocycles. The quantitative estimate of drug-likeness (QED) is 0.328. The van der Waals surface area contributed by atoms with Crippen molar-refractivity contribution in [3.05, 3.63) is 11.6 Å². The van der Waals surface area contributed by atoms with E-state index in [-0.39, 0.29) is 12.2 Å². The molecule has 140 valence electrons. The van der Waals surface area contributed by atoms with E-state index >= 15 is 0 Å². The van der Waals surface area contributed by atoms with E-state index in [2.05, 4.69) is 48.5 Å². The van der Waals surface area contributed by atoms with Crippen molar-refractivity contribution >= 4 is 14.6 Å². The second-order valence-electron chi connectivity index (χ2n) is 8.30. The van der Waals surface area contributed by atoms with E-state index in [1.807, 2.05) is 0 Å². The lowest BCUT2D eigenvalue weighted by atomic mass is 9.81. The van der Waals surface area contributed by atoms with Gasteiger partial charge in [0.2, 0.25) is 8.32 Å². The van der Waals surface area contributed by atoms with Crippen LogP contribution < -0.4 is 0 Å². The lowest BCUT2D eigenvalue weighted by molar-refractivity contribution is -0.104. The maximum Gasteiger partial charge on any atom is 0.200 e. The molecule has 3 atom stereocenters. The monoisotopic (exact) mass is 354 g/mol. The van der Waals surface area contributed by atoms with Gasteiger partial charge < -0.3 is 9.16 Å². The smallest absolute Gasteiger partial charge is 0.200 e. The van der Waals surface area contributed by atoms with E-state index in [0.717, 1.165) is 25.5 Å². The summed E-state index contributed by atoms with van der Waals surface area (Å²) in [6, 6.07) is 0. The molecule has 1 saturated carbocycles. The molecule has 0 aromatic rings. The van der Waals surface area contributed by atoms with E-state index in [9.17, 15) is 4.79 Å². The molecule has 1 aliphatic carbocycles. The van der Waals surface area contributed by atoms with Crippen LogP contribution in [0.2, 0.25) is 16.6 Å². The van der Waals surface area contributed by atoms with Crippen molar-refractivity contribution in [3.63, 3.8) is 0 Å². The lowest BCUT2D eigenvalue weighted by Crippen LogP contribution is -2.53. The number of ether oxygens (including phenoxy) is 1. The van der Waals surface area contributed by atoms with Gasteiger partial charge >= 0.3 is 0 Å². The highest BCUT2D eigenvalue weighted by molar-refractivity contribution is 6.77. The molecule has 0 bridgehead atoms. The average molecular weight is 355 g/mol. The highest BCUT2D eigenvalue weighted by atomic mass is 28.4. The number of rotatable bonds is 8. The van der Waals surface area contributed by atoms with Crippen LogP contribution in [0.1, 0.15) is 67.7 Å². The molecule has 0 radical (unpaired) electrons. The van der Waals surface area contributed by atoms with Crippen LogP contribution in [0.25, 0.3) is 0 Å². The van der Waals surface area contributed by atoms with E-state index in [0.29, 0.717) is 22.5 Å². The highest BCUT2D eigenvalue weighted by Crippen LogP contribution is 2.45. The zero-order valence-corrected chi connectivity index (χ0v) is 18.0. The molecule has 0 saturated heterocycles. The summed E-state index contributed by atoms with van der Waals surface area (Å²) in [7, 11) is -0.0911. The number of methoxy groups -OCH3 is 1. The molecule has 0 unspecified atom stereocenters. The minimum absolute atomic E-state index is 0.127. The molecule has 0 aromatic heterocycles. The van der Waals surface area contributed by atoms with Crippen molar-refractivity contribution in [1.82, 2.24) is 0 Å². The Labute approximate surface area is 150 Å². The third kappa shape index (κ3) is 4.58. The topological polar surface area (TPSA) is 35.5 Å². The van der Waals surface area contributed by atoms with Crippen LogP contribution in [-0.2, 0) is 14.0 Å². The molecular formula is C20H38O3Si. The summed E-state index contributed by atoms with van der Waals surface area (Å²) in [5, 5.41) is 0. The molecule has 0 aliphatic heterocycles. The predicted octanol–water partition coefficient (Wildman–Crippen LogP) is 5.51. The number of aldehydes is 1. The maximum atomic E-state index is 10.8. The van der Waals surface area contributed by atoms with Gasteiger partial charge in [0.25, 0.3) is 0 Å². The molecule has 0 spiro atoms. The first-order chi connectivity index (χ1) is 11.2. The van der Waals surface area contributed by atoms with E-state index in [1.54, 1.807) is 13.2 Å². The minimum atomic E-state index is -1.89. The molecule has 0 amide bonds. The normalized spacial score (nSPS) is 26.5. The van der Waals surface area contributed by atoms with Gasteiger partial charge in [0.05, 0.1) is 12.2 Å². The van der Waals surface area contributed by atoms with Crippen LogP contribution in [0.4, 0.5) is 0 Å². The average Bonchev–Trinajstić information content (AvgIpc) is 2.51. The zero-order valence-electron chi connectivity index (χ0n) is 17.0. The van der Waals surface area contributed by atoms with Gasteiger partial charge in [0.1, 0.15) is 6.29 Å². The number of hydrogen-bond acceptors (Lipinski definition) is 3. The summed E-state index contributed by atoms with van der Waals surface area (Å²) < 4.78 is 12.8. The molecule has 1 aliphatic rings. The summed E-state index contributed by atoms with van der Waals surface area (Å²) in [6.07, 6.45) is 5.97. The molecule has 24 heavy (non-hydrogen) atoms. The van der Waals surface area contributed by atoms with Crippen molar-refractivity contribution in [2.75, 3.05) is 7.11 Å². The fourth-order valence-electron chi connectivity index (χ4n) is 4.81. The lowest BCUT2D eigenvalue weighted by Gasteiger charge is -2.47. The van der Waals surface area contributed by atoms with Crippen molar-refractivity contribution in [2.45, 2.75) is 96.6 Å². The zero-order chi connectivity index (χ0) is 18.5. The number of hydrogen-bond donors (Lipinski definition) is 0. The Bertz CT molecular complexity index is 407.